The summed E-state index contributed by atoms with van der Waals surface area (Å²) in [5, 5.41) is 5.21. The Kier molecular flexibility index (Phi) is 2.55. The minimum absolute atomic E-state index is 0.138. The lowest BCUT2D eigenvalue weighted by atomic mass is 9.96. The maximum Gasteiger partial charge on any atom is 0.297 e. The Morgan fingerprint density at radius 1 is 1.73 bits per heavy atom. The molecule has 0 saturated heterocycles. The molecule has 0 aromatic carbocycles. The molecule has 0 bridgehead atoms. The molecule has 2 rings (SSSR count). The Morgan fingerprint density at radius 3 is 3.27 bits per heavy atom. The van der Waals surface area contributed by atoms with Crippen molar-refractivity contribution in [1.82, 2.24) is 10.5 Å². The summed E-state index contributed by atoms with van der Waals surface area (Å²) in [6, 6.07) is 0.138. The molecule has 2 aliphatic rings. The first kappa shape index (κ1) is 9.92. The van der Waals surface area contributed by atoms with Crippen molar-refractivity contribution < 1.29 is 9.63 Å². The first-order valence-electron chi connectivity index (χ1n) is 4.76. The predicted octanol–water partition coefficient (Wildman–Crippen LogP) is 0.220. The van der Waals surface area contributed by atoms with Gasteiger partial charge in [-0.15, -0.1) is 0 Å². The highest BCUT2D eigenvalue weighted by Crippen LogP contribution is 2.20. The fraction of sp³-hybridized carbons (Fsp3) is 0.400. The SMILES string of the molecule is CON(C)C(=O)C1=NNC2CC=CC=C12. The Balaban J connectivity index is 2.20. The maximum atomic E-state index is 11.8. The highest BCUT2D eigenvalue weighted by Gasteiger charge is 2.31. The van der Waals surface area contributed by atoms with Gasteiger partial charge < -0.3 is 5.43 Å². The van der Waals surface area contributed by atoms with Crippen molar-refractivity contribution in [3.05, 3.63) is 23.8 Å². The molecular weight excluding hydrogens is 194 g/mol. The third kappa shape index (κ3) is 1.66. The molecule has 5 nitrogen and oxygen atoms in total. The zero-order chi connectivity index (χ0) is 10.8. The summed E-state index contributed by atoms with van der Waals surface area (Å²) in [5.74, 6) is -0.228. The van der Waals surface area contributed by atoms with Crippen molar-refractivity contribution in [2.75, 3.05) is 14.2 Å². The largest absolute Gasteiger partial charge is 0.301 e. The lowest BCUT2D eigenvalue weighted by Crippen LogP contribution is -2.34. The van der Waals surface area contributed by atoms with Crippen LogP contribution in [-0.2, 0) is 9.63 Å². The van der Waals surface area contributed by atoms with E-state index in [0.717, 1.165) is 12.0 Å². The van der Waals surface area contributed by atoms with Gasteiger partial charge in [0.2, 0.25) is 0 Å². The van der Waals surface area contributed by atoms with Crippen LogP contribution in [0.4, 0.5) is 0 Å². The minimum Gasteiger partial charge on any atom is -0.301 e. The van der Waals surface area contributed by atoms with Crippen LogP contribution in [0.15, 0.2) is 28.9 Å². The smallest absolute Gasteiger partial charge is 0.297 e. The van der Waals surface area contributed by atoms with E-state index in [4.69, 9.17) is 4.84 Å². The van der Waals surface area contributed by atoms with Crippen molar-refractivity contribution in [2.45, 2.75) is 12.5 Å². The number of nitrogens with zero attached hydrogens (tertiary/aromatic N) is 2. The number of hydroxylamine groups is 2. The number of hydrazone groups is 1. The molecule has 0 aromatic heterocycles. The zero-order valence-electron chi connectivity index (χ0n) is 8.73. The van der Waals surface area contributed by atoms with Crippen LogP contribution in [0.2, 0.25) is 0 Å². The molecule has 1 aliphatic heterocycles. The van der Waals surface area contributed by atoms with E-state index >= 15 is 0 Å². The number of hydrogen-bond acceptors (Lipinski definition) is 4. The Morgan fingerprint density at radius 2 is 2.53 bits per heavy atom. The van der Waals surface area contributed by atoms with E-state index in [0.29, 0.717) is 5.71 Å². The normalized spacial score (nSPS) is 22.7. The summed E-state index contributed by atoms with van der Waals surface area (Å²) in [6.07, 6.45) is 6.76. The highest BCUT2D eigenvalue weighted by molar-refractivity contribution is 6.45. The van der Waals surface area contributed by atoms with E-state index in [1.807, 2.05) is 18.2 Å². The maximum absolute atomic E-state index is 11.8. The molecule has 1 N–H and O–H groups in total. The van der Waals surface area contributed by atoms with Crippen LogP contribution in [0.1, 0.15) is 6.42 Å². The number of allylic oxidation sites excluding steroid dienone is 2. The highest BCUT2D eigenvalue weighted by atomic mass is 16.7. The van der Waals surface area contributed by atoms with Gasteiger partial charge in [0.25, 0.3) is 5.91 Å². The van der Waals surface area contributed by atoms with Gasteiger partial charge in [0.1, 0.15) is 0 Å². The van der Waals surface area contributed by atoms with Crippen LogP contribution in [0.5, 0.6) is 0 Å². The number of rotatable bonds is 2. The molecule has 1 amide bonds. The first-order valence-corrected chi connectivity index (χ1v) is 4.76. The van der Waals surface area contributed by atoms with E-state index in [2.05, 4.69) is 10.5 Å². The van der Waals surface area contributed by atoms with Crippen molar-refractivity contribution in [3.63, 3.8) is 0 Å². The second kappa shape index (κ2) is 3.86. The predicted molar refractivity (Wildman–Crippen MR) is 56.0 cm³/mol. The fourth-order valence-electron chi connectivity index (χ4n) is 1.61. The van der Waals surface area contributed by atoms with Gasteiger partial charge in [-0.2, -0.15) is 5.10 Å². The van der Waals surface area contributed by atoms with Gasteiger partial charge in [-0.25, -0.2) is 5.06 Å². The molecule has 80 valence electrons. The third-order valence-electron chi connectivity index (χ3n) is 2.53. The summed E-state index contributed by atoms with van der Waals surface area (Å²) >= 11 is 0. The standard InChI is InChI=1S/C10H13N3O2/c1-13(15-2)10(14)9-7-5-3-4-6-8(7)11-12-9/h3-5,8,11H,6H2,1-2H3. The molecule has 0 saturated carbocycles. The van der Waals surface area contributed by atoms with Crippen LogP contribution < -0.4 is 5.43 Å². The van der Waals surface area contributed by atoms with E-state index in [-0.39, 0.29) is 11.9 Å². The second-order valence-corrected chi connectivity index (χ2v) is 3.41. The number of carbonyl (C=O) groups excluding carboxylic acids is 1. The number of nitrogens with one attached hydrogen (secondary N) is 1. The average Bonchev–Trinajstić information content (AvgIpc) is 2.70. The van der Waals surface area contributed by atoms with Crippen LogP contribution in [-0.4, -0.2) is 36.9 Å². The van der Waals surface area contributed by atoms with Gasteiger partial charge in [0, 0.05) is 12.6 Å². The summed E-state index contributed by atoms with van der Waals surface area (Å²) in [7, 11) is 3.02. The number of fused-ring (bicyclic) bond motifs is 1. The molecule has 15 heavy (non-hydrogen) atoms. The summed E-state index contributed by atoms with van der Waals surface area (Å²) in [4.78, 5) is 16.6. The molecule has 5 heteroatoms. The molecule has 1 heterocycles. The molecular formula is C10H13N3O2. The lowest BCUT2D eigenvalue weighted by Gasteiger charge is -2.16. The number of hydrogen-bond donors (Lipinski definition) is 1. The van der Waals surface area contributed by atoms with Gasteiger partial charge in [-0.05, 0) is 6.42 Å². The van der Waals surface area contributed by atoms with Crippen molar-refractivity contribution in [2.24, 2.45) is 5.10 Å². The summed E-state index contributed by atoms with van der Waals surface area (Å²) in [6.45, 7) is 0. The van der Waals surface area contributed by atoms with E-state index in [9.17, 15) is 4.79 Å². The zero-order valence-corrected chi connectivity index (χ0v) is 8.73. The van der Waals surface area contributed by atoms with Crippen molar-refractivity contribution in [1.29, 1.82) is 0 Å². The molecule has 0 spiro atoms. The van der Waals surface area contributed by atoms with Gasteiger partial charge >= 0.3 is 0 Å². The Hall–Kier alpha value is -1.62. The number of carbonyl (C=O) groups is 1. The van der Waals surface area contributed by atoms with Crippen LogP contribution in [0, 0.1) is 0 Å². The third-order valence-corrected chi connectivity index (χ3v) is 2.53. The first-order chi connectivity index (χ1) is 7.24. The molecule has 1 unspecified atom stereocenters. The monoisotopic (exact) mass is 207 g/mol. The van der Waals surface area contributed by atoms with Gasteiger partial charge in [0.15, 0.2) is 5.71 Å². The Bertz CT molecular complexity index is 371. The van der Waals surface area contributed by atoms with Crippen LogP contribution >= 0.6 is 0 Å². The van der Waals surface area contributed by atoms with E-state index < -0.39 is 0 Å². The molecule has 1 atom stereocenters. The molecule has 1 aliphatic carbocycles. The van der Waals surface area contributed by atoms with Gasteiger partial charge in [-0.3, -0.25) is 9.63 Å². The lowest BCUT2D eigenvalue weighted by molar-refractivity contribution is -0.160. The van der Waals surface area contributed by atoms with Crippen molar-refractivity contribution >= 4 is 11.6 Å². The van der Waals surface area contributed by atoms with Crippen LogP contribution in [0.3, 0.4) is 0 Å². The molecule has 0 aromatic rings. The van der Waals surface area contributed by atoms with E-state index in [1.54, 1.807) is 7.05 Å². The topological polar surface area (TPSA) is 53.9 Å². The van der Waals surface area contributed by atoms with Crippen LogP contribution in [0.25, 0.3) is 0 Å². The number of amides is 1. The average molecular weight is 207 g/mol. The second-order valence-electron chi connectivity index (χ2n) is 3.41. The van der Waals surface area contributed by atoms with Crippen molar-refractivity contribution in [3.8, 4) is 0 Å². The Labute approximate surface area is 88.0 Å². The minimum atomic E-state index is -0.228. The summed E-state index contributed by atoms with van der Waals surface area (Å²) in [5.41, 5.74) is 4.31. The molecule has 0 radical (unpaired) electrons. The summed E-state index contributed by atoms with van der Waals surface area (Å²) < 4.78 is 0. The van der Waals surface area contributed by atoms with Gasteiger partial charge in [-0.1, -0.05) is 18.2 Å². The van der Waals surface area contributed by atoms with E-state index in [1.165, 1.54) is 12.2 Å². The fourth-order valence-corrected chi connectivity index (χ4v) is 1.61. The molecule has 0 fully saturated rings. The quantitative estimate of drug-likeness (QED) is 0.659. The van der Waals surface area contributed by atoms with Gasteiger partial charge in [0.05, 0.1) is 13.2 Å².